The van der Waals surface area contributed by atoms with Gasteiger partial charge in [-0.15, -0.1) is 0 Å². The van der Waals surface area contributed by atoms with Crippen LogP contribution in [-0.4, -0.2) is 42.1 Å². The summed E-state index contributed by atoms with van der Waals surface area (Å²) in [4.78, 5) is 25.4. The maximum Gasteiger partial charge on any atom is 0.511 e. The van der Waals surface area contributed by atoms with Gasteiger partial charge < -0.3 is 28.8 Å². The van der Waals surface area contributed by atoms with E-state index in [2.05, 4.69) is 4.74 Å². The lowest BCUT2D eigenvalue weighted by atomic mass is 10.1. The molecule has 1 fully saturated rings. The van der Waals surface area contributed by atoms with Gasteiger partial charge in [-0.1, -0.05) is 6.92 Å². The predicted molar refractivity (Wildman–Crippen MR) is 95.0 cm³/mol. The van der Waals surface area contributed by atoms with Crippen molar-refractivity contribution in [2.75, 3.05) is 31.2 Å². The number of rotatable bonds is 3. The zero-order chi connectivity index (χ0) is 19.1. The third-order valence-corrected chi connectivity index (χ3v) is 4.65. The van der Waals surface area contributed by atoms with Gasteiger partial charge in [-0.2, -0.15) is 0 Å². The second kappa shape index (κ2) is 6.58. The van der Waals surface area contributed by atoms with Crippen molar-refractivity contribution in [1.82, 2.24) is 4.57 Å². The van der Waals surface area contributed by atoms with Crippen molar-refractivity contribution in [3.8, 4) is 11.5 Å². The largest absolute Gasteiger partial charge is 0.511 e. The SMILES string of the molecule is CCC1=COc2c(N3CCOCC3)c(F)cc3c(=O)c(OC(=O)O)cn1c23. The van der Waals surface area contributed by atoms with Crippen LogP contribution in [0.3, 0.4) is 0 Å². The molecule has 0 bridgehead atoms. The van der Waals surface area contributed by atoms with Crippen molar-refractivity contribution in [3.05, 3.63) is 34.6 Å². The zero-order valence-electron chi connectivity index (χ0n) is 14.5. The van der Waals surface area contributed by atoms with Crippen molar-refractivity contribution >= 4 is 28.4 Å². The Hall–Kier alpha value is -3.07. The first-order valence-corrected chi connectivity index (χ1v) is 8.52. The maximum atomic E-state index is 15.0. The number of carbonyl (C=O) groups is 1. The number of ether oxygens (including phenoxy) is 3. The summed E-state index contributed by atoms with van der Waals surface area (Å²) < 4.78 is 32.3. The Balaban J connectivity index is 2.02. The quantitative estimate of drug-likeness (QED) is 0.824. The second-order valence-electron chi connectivity index (χ2n) is 6.17. The third kappa shape index (κ3) is 2.80. The van der Waals surface area contributed by atoms with Crippen LogP contribution in [-0.2, 0) is 4.74 Å². The molecule has 1 aromatic heterocycles. The number of hydrogen-bond donors (Lipinski definition) is 1. The number of hydrogen-bond acceptors (Lipinski definition) is 6. The molecule has 0 saturated carbocycles. The van der Waals surface area contributed by atoms with E-state index in [-0.39, 0.29) is 22.6 Å². The summed E-state index contributed by atoms with van der Waals surface area (Å²) in [6.07, 6.45) is 1.72. The van der Waals surface area contributed by atoms with Crippen LogP contribution in [0.15, 0.2) is 23.3 Å². The number of nitrogens with zero attached hydrogens (tertiary/aromatic N) is 2. The fraction of sp³-hybridized carbons (Fsp3) is 0.333. The van der Waals surface area contributed by atoms with Gasteiger partial charge in [-0.25, -0.2) is 9.18 Å². The van der Waals surface area contributed by atoms with E-state index in [9.17, 15) is 14.0 Å². The number of morpholine rings is 1. The van der Waals surface area contributed by atoms with E-state index < -0.39 is 17.4 Å². The lowest BCUT2D eigenvalue weighted by Gasteiger charge is -2.32. The molecule has 0 aliphatic carbocycles. The second-order valence-corrected chi connectivity index (χ2v) is 6.17. The van der Waals surface area contributed by atoms with E-state index in [1.165, 1.54) is 12.5 Å². The van der Waals surface area contributed by atoms with Crippen molar-refractivity contribution < 1.29 is 28.5 Å². The zero-order valence-corrected chi connectivity index (χ0v) is 14.5. The van der Waals surface area contributed by atoms with E-state index in [0.717, 1.165) is 6.07 Å². The Morgan fingerprint density at radius 3 is 2.78 bits per heavy atom. The average molecular weight is 376 g/mol. The minimum atomic E-state index is -1.61. The fourth-order valence-electron chi connectivity index (χ4n) is 3.42. The normalized spacial score (nSPS) is 16.1. The molecule has 2 aromatic rings. The van der Waals surface area contributed by atoms with Gasteiger partial charge >= 0.3 is 6.16 Å². The molecule has 8 nitrogen and oxygen atoms in total. The van der Waals surface area contributed by atoms with E-state index in [4.69, 9.17) is 14.6 Å². The van der Waals surface area contributed by atoms with Crippen molar-refractivity contribution in [3.63, 3.8) is 0 Å². The van der Waals surface area contributed by atoms with Gasteiger partial charge in [0.2, 0.25) is 5.43 Å². The Morgan fingerprint density at radius 1 is 1.37 bits per heavy atom. The summed E-state index contributed by atoms with van der Waals surface area (Å²) >= 11 is 0. The standard InChI is InChI=1S/C18H17FN2O6/c1-2-10-9-26-17-14-11(16(22)13(8-21(10)14)27-18(23)24)7-12(19)15(17)20-3-5-25-6-4-20/h7-9H,2-6H2,1H3,(H,23,24). The number of aromatic nitrogens is 1. The van der Waals surface area contributed by atoms with Crippen LogP contribution in [0, 0.1) is 5.82 Å². The van der Waals surface area contributed by atoms with Gasteiger partial charge in [-0.3, -0.25) is 4.79 Å². The third-order valence-electron chi connectivity index (χ3n) is 4.65. The van der Waals surface area contributed by atoms with E-state index in [0.29, 0.717) is 43.9 Å². The molecular formula is C18H17FN2O6. The number of pyridine rings is 1. The first kappa shape index (κ1) is 17.3. The molecule has 0 radical (unpaired) electrons. The maximum absolute atomic E-state index is 15.0. The molecule has 2 aliphatic rings. The van der Waals surface area contributed by atoms with Crippen LogP contribution in [0.4, 0.5) is 14.9 Å². The first-order chi connectivity index (χ1) is 13.0. The molecule has 4 rings (SSSR count). The van der Waals surface area contributed by atoms with Crippen LogP contribution in [0.1, 0.15) is 13.3 Å². The molecule has 3 heterocycles. The Bertz CT molecular complexity index is 1020. The lowest BCUT2D eigenvalue weighted by Crippen LogP contribution is -2.37. The molecule has 0 unspecified atom stereocenters. The predicted octanol–water partition coefficient (Wildman–Crippen LogP) is 2.63. The molecule has 142 valence electrons. The van der Waals surface area contributed by atoms with Crippen LogP contribution >= 0.6 is 0 Å². The van der Waals surface area contributed by atoms with Crippen LogP contribution in [0.5, 0.6) is 11.5 Å². The number of anilines is 1. The van der Waals surface area contributed by atoms with E-state index >= 15 is 0 Å². The highest BCUT2D eigenvalue weighted by Crippen LogP contribution is 2.42. The molecule has 27 heavy (non-hydrogen) atoms. The van der Waals surface area contributed by atoms with Crippen LogP contribution in [0.25, 0.3) is 16.6 Å². The molecule has 1 aromatic carbocycles. The number of benzene rings is 1. The van der Waals surface area contributed by atoms with Gasteiger partial charge in [0.1, 0.15) is 17.5 Å². The summed E-state index contributed by atoms with van der Waals surface area (Å²) in [5.41, 5.74) is 0.623. The van der Waals surface area contributed by atoms with Crippen LogP contribution < -0.4 is 19.8 Å². The molecule has 9 heteroatoms. The van der Waals surface area contributed by atoms with Gasteiger partial charge in [0, 0.05) is 13.1 Å². The topological polar surface area (TPSA) is 90.2 Å². The molecule has 1 saturated heterocycles. The van der Waals surface area contributed by atoms with Crippen LogP contribution in [0.2, 0.25) is 0 Å². The van der Waals surface area contributed by atoms with Gasteiger partial charge in [-0.05, 0) is 12.5 Å². The Morgan fingerprint density at radius 2 is 2.11 bits per heavy atom. The molecule has 1 N–H and O–H groups in total. The van der Waals surface area contributed by atoms with E-state index in [1.54, 1.807) is 4.57 Å². The lowest BCUT2D eigenvalue weighted by molar-refractivity contribution is 0.122. The Kier molecular flexibility index (Phi) is 4.23. The summed E-state index contributed by atoms with van der Waals surface area (Å²) in [6, 6.07) is 1.11. The Labute approximate surface area is 153 Å². The molecular weight excluding hydrogens is 359 g/mol. The fourth-order valence-corrected chi connectivity index (χ4v) is 3.42. The van der Waals surface area contributed by atoms with E-state index in [1.807, 2.05) is 11.8 Å². The molecule has 2 aliphatic heterocycles. The highest BCUT2D eigenvalue weighted by atomic mass is 19.1. The van der Waals surface area contributed by atoms with Gasteiger partial charge in [0.05, 0.1) is 30.5 Å². The molecule has 0 spiro atoms. The summed E-state index contributed by atoms with van der Waals surface area (Å²) in [7, 11) is 0. The first-order valence-electron chi connectivity index (χ1n) is 8.52. The minimum Gasteiger partial charge on any atom is -0.459 e. The molecule has 0 amide bonds. The van der Waals surface area contributed by atoms with Gasteiger partial charge in [0.15, 0.2) is 17.3 Å². The highest BCUT2D eigenvalue weighted by molar-refractivity contribution is 5.95. The number of halogens is 1. The number of carboxylic acid groups (broad SMARTS) is 1. The average Bonchev–Trinajstić information content (AvgIpc) is 2.65. The van der Waals surface area contributed by atoms with Gasteiger partial charge in [0.25, 0.3) is 0 Å². The highest BCUT2D eigenvalue weighted by Gasteiger charge is 2.28. The van der Waals surface area contributed by atoms with Crippen molar-refractivity contribution in [1.29, 1.82) is 0 Å². The van der Waals surface area contributed by atoms with Crippen molar-refractivity contribution in [2.24, 2.45) is 0 Å². The smallest absolute Gasteiger partial charge is 0.459 e. The monoisotopic (exact) mass is 376 g/mol. The molecule has 0 atom stereocenters. The number of allylic oxidation sites excluding steroid dienone is 1. The summed E-state index contributed by atoms with van der Waals surface area (Å²) in [5, 5.41) is 8.88. The van der Waals surface area contributed by atoms with Crippen molar-refractivity contribution in [2.45, 2.75) is 13.3 Å². The minimum absolute atomic E-state index is 0.00249. The summed E-state index contributed by atoms with van der Waals surface area (Å²) in [6.45, 7) is 3.80. The summed E-state index contributed by atoms with van der Waals surface area (Å²) in [5.74, 6) is -0.785.